The van der Waals surface area contributed by atoms with Gasteiger partial charge in [0.15, 0.2) is 0 Å². The Balaban J connectivity index is 1.86. The Kier molecular flexibility index (Phi) is 3.78. The van der Waals surface area contributed by atoms with Crippen LogP contribution in [0.5, 0.6) is 0 Å². The van der Waals surface area contributed by atoms with Crippen molar-refractivity contribution in [3.05, 3.63) is 22.4 Å². The first kappa shape index (κ1) is 12.1. The molecule has 1 saturated heterocycles. The average Bonchev–Trinajstić information content (AvgIpc) is 2.95. The summed E-state index contributed by atoms with van der Waals surface area (Å²) in [6.45, 7) is 1.18. The Morgan fingerprint density at radius 3 is 3.12 bits per heavy atom. The molecule has 1 fully saturated rings. The van der Waals surface area contributed by atoms with Gasteiger partial charge < -0.3 is 9.64 Å². The highest BCUT2D eigenvalue weighted by molar-refractivity contribution is 7.09. The fourth-order valence-corrected chi connectivity index (χ4v) is 2.71. The molecule has 2 heterocycles. The summed E-state index contributed by atoms with van der Waals surface area (Å²) < 4.78 is 4.67. The first-order valence-electron chi connectivity index (χ1n) is 5.58. The number of amides is 1. The van der Waals surface area contributed by atoms with E-state index in [2.05, 4.69) is 10.8 Å². The van der Waals surface area contributed by atoms with Gasteiger partial charge >= 0.3 is 5.97 Å². The second-order valence-electron chi connectivity index (χ2n) is 4.09. The molecule has 1 unspecified atom stereocenters. The molecule has 1 aromatic rings. The number of rotatable bonds is 4. The maximum atomic E-state index is 11.7. The van der Waals surface area contributed by atoms with Crippen molar-refractivity contribution in [2.45, 2.75) is 12.8 Å². The number of thiophene rings is 1. The van der Waals surface area contributed by atoms with Gasteiger partial charge in [-0.1, -0.05) is 6.07 Å². The summed E-state index contributed by atoms with van der Waals surface area (Å²) in [5.41, 5.74) is 0. The Morgan fingerprint density at radius 1 is 1.65 bits per heavy atom. The molecule has 4 nitrogen and oxygen atoms in total. The summed E-state index contributed by atoms with van der Waals surface area (Å²) in [6.07, 6.45) is 1.15. The standard InChI is InChI=1S/C12H15NO3S/c1-16-12(15)9-7-11(14)13(8-9)5-4-10-3-2-6-17-10/h2-3,6,9H,4-5,7-8H2,1H3. The van der Waals surface area contributed by atoms with E-state index in [1.807, 2.05) is 11.4 Å². The molecule has 0 saturated carbocycles. The van der Waals surface area contributed by atoms with Gasteiger partial charge in [0.1, 0.15) is 0 Å². The van der Waals surface area contributed by atoms with Gasteiger partial charge in [-0.2, -0.15) is 0 Å². The van der Waals surface area contributed by atoms with Crippen LogP contribution in [0, 0.1) is 5.92 Å². The van der Waals surface area contributed by atoms with Crippen molar-refractivity contribution in [3.63, 3.8) is 0 Å². The van der Waals surface area contributed by atoms with Crippen LogP contribution >= 0.6 is 11.3 Å². The molecule has 1 aromatic heterocycles. The van der Waals surface area contributed by atoms with Gasteiger partial charge in [-0.3, -0.25) is 9.59 Å². The van der Waals surface area contributed by atoms with Gasteiger partial charge in [0, 0.05) is 24.4 Å². The summed E-state index contributed by atoms with van der Waals surface area (Å²) in [5, 5.41) is 2.03. The number of methoxy groups -OCH3 is 1. The lowest BCUT2D eigenvalue weighted by atomic mass is 10.1. The molecule has 1 amide bonds. The van der Waals surface area contributed by atoms with E-state index in [9.17, 15) is 9.59 Å². The number of likely N-dealkylation sites (tertiary alicyclic amines) is 1. The van der Waals surface area contributed by atoms with Crippen LogP contribution in [0.1, 0.15) is 11.3 Å². The Hall–Kier alpha value is -1.36. The minimum atomic E-state index is -0.282. The SMILES string of the molecule is COC(=O)C1CC(=O)N(CCc2cccs2)C1. The zero-order chi connectivity index (χ0) is 12.3. The highest BCUT2D eigenvalue weighted by Crippen LogP contribution is 2.20. The highest BCUT2D eigenvalue weighted by Gasteiger charge is 2.34. The fourth-order valence-electron chi connectivity index (χ4n) is 2.01. The summed E-state index contributed by atoms with van der Waals surface area (Å²) >= 11 is 1.69. The van der Waals surface area contributed by atoms with Crippen molar-refractivity contribution in [1.29, 1.82) is 0 Å². The third-order valence-corrected chi connectivity index (χ3v) is 3.89. The van der Waals surface area contributed by atoms with E-state index in [0.29, 0.717) is 13.1 Å². The van der Waals surface area contributed by atoms with Gasteiger partial charge in [-0.15, -0.1) is 11.3 Å². The molecule has 1 aliphatic rings. The largest absolute Gasteiger partial charge is 0.469 e. The molecule has 5 heteroatoms. The van der Waals surface area contributed by atoms with Crippen LogP contribution in [0.25, 0.3) is 0 Å². The summed E-state index contributed by atoms with van der Waals surface area (Å²) in [5.74, 6) is -0.509. The highest BCUT2D eigenvalue weighted by atomic mass is 32.1. The Bertz CT molecular complexity index is 402. The first-order chi connectivity index (χ1) is 8.20. The quantitative estimate of drug-likeness (QED) is 0.760. The van der Waals surface area contributed by atoms with E-state index in [1.165, 1.54) is 12.0 Å². The van der Waals surface area contributed by atoms with Crippen LogP contribution < -0.4 is 0 Å². The molecule has 1 atom stereocenters. The van der Waals surface area contributed by atoms with Crippen LogP contribution in [-0.4, -0.2) is 37.0 Å². The smallest absolute Gasteiger partial charge is 0.310 e. The Labute approximate surface area is 104 Å². The second-order valence-corrected chi connectivity index (χ2v) is 5.13. The lowest BCUT2D eigenvalue weighted by Gasteiger charge is -2.15. The minimum absolute atomic E-state index is 0.0527. The van der Waals surface area contributed by atoms with E-state index < -0.39 is 0 Å². The number of esters is 1. The van der Waals surface area contributed by atoms with Crippen molar-refractivity contribution in [2.24, 2.45) is 5.92 Å². The van der Waals surface area contributed by atoms with E-state index in [4.69, 9.17) is 0 Å². The number of carbonyl (C=O) groups is 2. The van der Waals surface area contributed by atoms with Crippen LogP contribution in [-0.2, 0) is 20.7 Å². The molecule has 2 rings (SSSR count). The number of hydrogen-bond acceptors (Lipinski definition) is 4. The van der Waals surface area contributed by atoms with Gasteiger partial charge in [0.25, 0.3) is 0 Å². The molecule has 1 aliphatic heterocycles. The monoisotopic (exact) mass is 253 g/mol. The third kappa shape index (κ3) is 2.85. The Morgan fingerprint density at radius 2 is 2.47 bits per heavy atom. The number of carbonyl (C=O) groups excluding carboxylic acids is 2. The maximum absolute atomic E-state index is 11.7. The summed E-state index contributed by atoms with van der Waals surface area (Å²) in [6, 6.07) is 4.06. The van der Waals surface area contributed by atoms with Crippen LogP contribution in [0.4, 0.5) is 0 Å². The van der Waals surface area contributed by atoms with Crippen LogP contribution in [0.2, 0.25) is 0 Å². The lowest BCUT2D eigenvalue weighted by Crippen LogP contribution is -2.28. The number of hydrogen-bond donors (Lipinski definition) is 0. The molecular weight excluding hydrogens is 238 g/mol. The minimum Gasteiger partial charge on any atom is -0.469 e. The van der Waals surface area contributed by atoms with Gasteiger partial charge in [0.05, 0.1) is 13.0 Å². The molecular formula is C12H15NO3S. The van der Waals surface area contributed by atoms with E-state index in [-0.39, 0.29) is 24.2 Å². The van der Waals surface area contributed by atoms with Gasteiger partial charge in [-0.25, -0.2) is 0 Å². The molecule has 17 heavy (non-hydrogen) atoms. The van der Waals surface area contributed by atoms with Crippen molar-refractivity contribution in [1.82, 2.24) is 4.90 Å². The summed E-state index contributed by atoms with van der Waals surface area (Å²) in [7, 11) is 1.36. The van der Waals surface area contributed by atoms with Crippen molar-refractivity contribution in [2.75, 3.05) is 20.2 Å². The molecule has 0 bridgehead atoms. The lowest BCUT2D eigenvalue weighted by molar-refractivity contribution is -0.145. The predicted molar refractivity (Wildman–Crippen MR) is 64.7 cm³/mol. The van der Waals surface area contributed by atoms with E-state index >= 15 is 0 Å². The molecule has 0 N–H and O–H groups in total. The molecule has 0 aromatic carbocycles. The zero-order valence-electron chi connectivity index (χ0n) is 9.72. The number of nitrogens with zero attached hydrogens (tertiary/aromatic N) is 1. The first-order valence-corrected chi connectivity index (χ1v) is 6.46. The topological polar surface area (TPSA) is 46.6 Å². The zero-order valence-corrected chi connectivity index (χ0v) is 10.5. The van der Waals surface area contributed by atoms with Gasteiger partial charge in [-0.05, 0) is 17.9 Å². The fraction of sp³-hybridized carbons (Fsp3) is 0.500. The van der Waals surface area contributed by atoms with E-state index in [1.54, 1.807) is 16.2 Å². The molecule has 0 spiro atoms. The van der Waals surface area contributed by atoms with Crippen molar-refractivity contribution in [3.8, 4) is 0 Å². The molecule has 92 valence electrons. The average molecular weight is 253 g/mol. The van der Waals surface area contributed by atoms with Crippen LogP contribution in [0.3, 0.4) is 0 Å². The van der Waals surface area contributed by atoms with Gasteiger partial charge in [0.2, 0.25) is 5.91 Å². The molecule has 0 aliphatic carbocycles. The van der Waals surface area contributed by atoms with Crippen molar-refractivity contribution < 1.29 is 14.3 Å². The molecule has 0 radical (unpaired) electrons. The maximum Gasteiger partial charge on any atom is 0.310 e. The summed E-state index contributed by atoms with van der Waals surface area (Å²) in [4.78, 5) is 26.0. The van der Waals surface area contributed by atoms with Crippen molar-refractivity contribution >= 4 is 23.2 Å². The predicted octanol–water partition coefficient (Wildman–Crippen LogP) is 1.31. The van der Waals surface area contributed by atoms with E-state index in [0.717, 1.165) is 6.42 Å². The van der Waals surface area contributed by atoms with Crippen LogP contribution in [0.15, 0.2) is 17.5 Å². The normalized spacial score (nSPS) is 19.7. The number of ether oxygens (including phenoxy) is 1. The third-order valence-electron chi connectivity index (χ3n) is 2.96. The second kappa shape index (κ2) is 5.31.